The zero-order valence-corrected chi connectivity index (χ0v) is 17.9. The number of nitrogens with one attached hydrogen (secondary N) is 1. The Bertz CT molecular complexity index is 1320. The SMILES string of the molecule is CCOc1ccc(C(=O)c2oc3ccccc3c2NC(=O)C2COc3ccccc3O2)cc1. The quantitative estimate of drug-likeness (QED) is 0.429. The number of ether oxygens (including phenoxy) is 3. The summed E-state index contributed by atoms with van der Waals surface area (Å²) in [4.78, 5) is 26.3. The van der Waals surface area contributed by atoms with Crippen LogP contribution in [0.3, 0.4) is 0 Å². The van der Waals surface area contributed by atoms with Crippen LogP contribution in [0.4, 0.5) is 5.69 Å². The minimum atomic E-state index is -0.873. The van der Waals surface area contributed by atoms with Gasteiger partial charge in [-0.15, -0.1) is 0 Å². The summed E-state index contributed by atoms with van der Waals surface area (Å²) >= 11 is 0. The number of carbonyl (C=O) groups is 2. The zero-order chi connectivity index (χ0) is 22.8. The number of hydrogen-bond donors (Lipinski definition) is 1. The molecule has 0 saturated carbocycles. The molecule has 0 radical (unpaired) electrons. The summed E-state index contributed by atoms with van der Waals surface area (Å²) in [7, 11) is 0. The van der Waals surface area contributed by atoms with Crippen LogP contribution < -0.4 is 19.5 Å². The van der Waals surface area contributed by atoms with E-state index >= 15 is 0 Å². The maximum absolute atomic E-state index is 13.3. The highest BCUT2D eigenvalue weighted by Gasteiger charge is 2.30. The van der Waals surface area contributed by atoms with Gasteiger partial charge in [0.15, 0.2) is 17.3 Å². The molecule has 2 heterocycles. The van der Waals surface area contributed by atoms with Crippen LogP contribution in [-0.4, -0.2) is 31.0 Å². The summed E-state index contributed by atoms with van der Waals surface area (Å²) in [5.41, 5.74) is 1.21. The molecule has 1 amide bonds. The van der Waals surface area contributed by atoms with Crippen molar-refractivity contribution < 1.29 is 28.2 Å². The van der Waals surface area contributed by atoms with E-state index in [1.807, 2.05) is 19.1 Å². The van der Waals surface area contributed by atoms with Crippen molar-refractivity contribution in [3.63, 3.8) is 0 Å². The predicted molar refractivity (Wildman–Crippen MR) is 122 cm³/mol. The molecule has 0 fully saturated rings. The molecule has 0 aliphatic carbocycles. The Morgan fingerprint density at radius 3 is 2.48 bits per heavy atom. The van der Waals surface area contributed by atoms with Crippen LogP contribution >= 0.6 is 0 Å². The molecule has 1 unspecified atom stereocenters. The topological polar surface area (TPSA) is 87.0 Å². The first-order chi connectivity index (χ1) is 16.1. The average Bonchev–Trinajstić information content (AvgIpc) is 3.22. The maximum atomic E-state index is 13.3. The number of benzene rings is 3. The van der Waals surface area contributed by atoms with Crippen molar-refractivity contribution in [2.75, 3.05) is 18.5 Å². The Balaban J connectivity index is 1.45. The Morgan fingerprint density at radius 1 is 0.970 bits per heavy atom. The first kappa shape index (κ1) is 20.6. The number of anilines is 1. The predicted octanol–water partition coefficient (Wildman–Crippen LogP) is 4.84. The molecule has 33 heavy (non-hydrogen) atoms. The zero-order valence-electron chi connectivity index (χ0n) is 17.9. The first-order valence-electron chi connectivity index (χ1n) is 10.6. The van der Waals surface area contributed by atoms with E-state index in [2.05, 4.69) is 5.32 Å². The van der Waals surface area contributed by atoms with E-state index in [1.54, 1.807) is 60.7 Å². The molecule has 0 bridgehead atoms. The second kappa shape index (κ2) is 8.70. The average molecular weight is 443 g/mol. The highest BCUT2D eigenvalue weighted by Crippen LogP contribution is 2.34. The van der Waals surface area contributed by atoms with Crippen molar-refractivity contribution in [3.05, 3.63) is 84.1 Å². The number of hydrogen-bond acceptors (Lipinski definition) is 6. The highest BCUT2D eigenvalue weighted by molar-refractivity contribution is 6.17. The standard InChI is InChI=1S/C26H21NO6/c1-2-30-17-13-11-16(12-14-17)24(28)25-23(18-7-3-4-8-19(18)33-25)27-26(29)22-15-31-20-9-5-6-10-21(20)32-22/h3-14,22H,2,15H2,1H3,(H,27,29). The van der Waals surface area contributed by atoms with Crippen molar-refractivity contribution in [2.45, 2.75) is 13.0 Å². The molecule has 3 aromatic carbocycles. The van der Waals surface area contributed by atoms with Gasteiger partial charge in [-0.25, -0.2) is 0 Å². The lowest BCUT2D eigenvalue weighted by Gasteiger charge is -2.25. The molecule has 0 spiro atoms. The monoisotopic (exact) mass is 443 g/mol. The normalized spacial score (nSPS) is 14.6. The summed E-state index contributed by atoms with van der Waals surface area (Å²) < 4.78 is 22.8. The smallest absolute Gasteiger partial charge is 0.269 e. The second-order valence-corrected chi connectivity index (χ2v) is 7.44. The van der Waals surface area contributed by atoms with Gasteiger partial charge in [-0.1, -0.05) is 24.3 Å². The molecule has 7 nitrogen and oxygen atoms in total. The van der Waals surface area contributed by atoms with E-state index in [1.165, 1.54) is 0 Å². The molecular weight excluding hydrogens is 422 g/mol. The largest absolute Gasteiger partial charge is 0.494 e. The number of amides is 1. The number of carbonyl (C=O) groups excluding carboxylic acids is 2. The molecule has 1 aliphatic heterocycles. The fourth-order valence-electron chi connectivity index (χ4n) is 3.68. The summed E-state index contributed by atoms with van der Waals surface area (Å²) in [5, 5.41) is 3.46. The lowest BCUT2D eigenvalue weighted by Crippen LogP contribution is -2.40. The molecule has 1 aliphatic rings. The van der Waals surface area contributed by atoms with E-state index in [0.29, 0.717) is 46.1 Å². The van der Waals surface area contributed by atoms with Crippen molar-refractivity contribution in [2.24, 2.45) is 0 Å². The highest BCUT2D eigenvalue weighted by atomic mass is 16.6. The third-order valence-corrected chi connectivity index (χ3v) is 5.28. The van der Waals surface area contributed by atoms with Gasteiger partial charge in [-0.05, 0) is 55.5 Å². The lowest BCUT2D eigenvalue weighted by atomic mass is 10.1. The van der Waals surface area contributed by atoms with Gasteiger partial charge < -0.3 is 23.9 Å². The lowest BCUT2D eigenvalue weighted by molar-refractivity contribution is -0.125. The molecule has 1 atom stereocenters. The first-order valence-corrected chi connectivity index (χ1v) is 10.6. The molecular formula is C26H21NO6. The van der Waals surface area contributed by atoms with Crippen LogP contribution in [0.15, 0.2) is 77.2 Å². The number of fused-ring (bicyclic) bond motifs is 2. The number of rotatable bonds is 6. The minimum Gasteiger partial charge on any atom is -0.494 e. The third kappa shape index (κ3) is 4.01. The van der Waals surface area contributed by atoms with E-state index in [-0.39, 0.29) is 18.2 Å². The van der Waals surface area contributed by atoms with Crippen LogP contribution in [0.25, 0.3) is 11.0 Å². The summed E-state index contributed by atoms with van der Waals surface area (Å²) in [6.07, 6.45) is -0.873. The Morgan fingerprint density at radius 2 is 1.70 bits per heavy atom. The summed E-state index contributed by atoms with van der Waals surface area (Å²) in [5.74, 6) is 1.01. The summed E-state index contributed by atoms with van der Waals surface area (Å²) in [6.45, 7) is 2.48. The van der Waals surface area contributed by atoms with Gasteiger partial charge in [0.05, 0.1) is 12.3 Å². The van der Waals surface area contributed by atoms with E-state index in [0.717, 1.165) is 0 Å². The molecule has 0 saturated heterocycles. The summed E-state index contributed by atoms with van der Waals surface area (Å²) in [6, 6.07) is 21.1. The van der Waals surface area contributed by atoms with Crippen LogP contribution in [0, 0.1) is 0 Å². The van der Waals surface area contributed by atoms with Crippen molar-refractivity contribution in [1.29, 1.82) is 0 Å². The van der Waals surface area contributed by atoms with Gasteiger partial charge >= 0.3 is 0 Å². The van der Waals surface area contributed by atoms with Crippen LogP contribution in [0.1, 0.15) is 23.0 Å². The fraction of sp³-hybridized carbons (Fsp3) is 0.154. The van der Waals surface area contributed by atoms with Gasteiger partial charge in [0.2, 0.25) is 11.9 Å². The van der Waals surface area contributed by atoms with Gasteiger partial charge in [0.1, 0.15) is 17.9 Å². The van der Waals surface area contributed by atoms with E-state index in [9.17, 15) is 9.59 Å². The van der Waals surface area contributed by atoms with Crippen molar-refractivity contribution >= 4 is 28.3 Å². The van der Waals surface area contributed by atoms with Gasteiger partial charge in [-0.3, -0.25) is 9.59 Å². The van der Waals surface area contributed by atoms with Crippen molar-refractivity contribution in [3.8, 4) is 17.2 Å². The third-order valence-electron chi connectivity index (χ3n) is 5.28. The number of para-hydroxylation sites is 3. The maximum Gasteiger partial charge on any atom is 0.269 e. The molecule has 7 heteroatoms. The minimum absolute atomic E-state index is 0.0471. The van der Waals surface area contributed by atoms with Gasteiger partial charge in [-0.2, -0.15) is 0 Å². The molecule has 5 rings (SSSR count). The molecule has 166 valence electrons. The van der Waals surface area contributed by atoms with Crippen LogP contribution in [0.5, 0.6) is 17.2 Å². The van der Waals surface area contributed by atoms with E-state index in [4.69, 9.17) is 18.6 Å². The fourth-order valence-corrected chi connectivity index (χ4v) is 3.68. The molecule has 4 aromatic rings. The second-order valence-electron chi connectivity index (χ2n) is 7.44. The number of ketones is 1. The Hall–Kier alpha value is -4.26. The Labute approximate surface area is 189 Å². The van der Waals surface area contributed by atoms with Gasteiger partial charge in [0.25, 0.3) is 5.91 Å². The van der Waals surface area contributed by atoms with Crippen LogP contribution in [0.2, 0.25) is 0 Å². The number of furan rings is 1. The molecule has 1 aromatic heterocycles. The van der Waals surface area contributed by atoms with Gasteiger partial charge in [0, 0.05) is 10.9 Å². The van der Waals surface area contributed by atoms with Crippen molar-refractivity contribution in [1.82, 2.24) is 0 Å². The van der Waals surface area contributed by atoms with E-state index < -0.39 is 12.0 Å². The Kier molecular flexibility index (Phi) is 5.44. The van der Waals surface area contributed by atoms with Crippen LogP contribution in [-0.2, 0) is 4.79 Å². The molecule has 1 N–H and O–H groups in total.